The molecule has 0 N–H and O–H groups in total. The van der Waals surface area contributed by atoms with Crippen LogP contribution in [0.2, 0.25) is 0 Å². The zero-order valence-electron chi connectivity index (χ0n) is 13.6. The van der Waals surface area contributed by atoms with Gasteiger partial charge in [0.15, 0.2) is 9.84 Å². The molecule has 0 aromatic heterocycles. The molecule has 7 heteroatoms. The molecule has 0 radical (unpaired) electrons. The lowest BCUT2D eigenvalue weighted by Gasteiger charge is -2.32. The van der Waals surface area contributed by atoms with Gasteiger partial charge in [-0.25, -0.2) is 8.42 Å². The van der Waals surface area contributed by atoms with E-state index < -0.39 is 28.2 Å². The minimum atomic E-state index is -3.36. The lowest BCUT2D eigenvalue weighted by atomic mass is 9.86. The van der Waals surface area contributed by atoms with Crippen LogP contribution in [0.4, 0.5) is 0 Å². The second-order valence-corrected chi connectivity index (χ2v) is 10.4. The van der Waals surface area contributed by atoms with Gasteiger partial charge in [0, 0.05) is 0 Å². The highest BCUT2D eigenvalue weighted by Gasteiger charge is 2.53. The van der Waals surface area contributed by atoms with Crippen LogP contribution < -0.4 is 0 Å². The molecule has 1 unspecified atom stereocenters. The summed E-state index contributed by atoms with van der Waals surface area (Å²) in [7, 11) is -3.88. The maximum Gasteiger partial charge on any atom is 0.472 e. The van der Waals surface area contributed by atoms with Crippen LogP contribution in [0.1, 0.15) is 33.3 Å². The third-order valence-corrected chi connectivity index (χ3v) is 7.74. The van der Waals surface area contributed by atoms with E-state index in [0.717, 1.165) is 5.56 Å². The van der Waals surface area contributed by atoms with Crippen LogP contribution >= 0.6 is 22.6 Å². The van der Waals surface area contributed by atoms with Gasteiger partial charge in [-0.1, -0.05) is 40.3 Å². The van der Waals surface area contributed by atoms with Crippen molar-refractivity contribution >= 4 is 39.5 Å². The Bertz CT molecular complexity index is 624. The Labute approximate surface area is 147 Å². The molecule has 1 atom stereocenters. The molecule has 1 aliphatic rings. The molecule has 0 bridgehead atoms. The van der Waals surface area contributed by atoms with Crippen molar-refractivity contribution in [1.29, 1.82) is 0 Å². The highest BCUT2D eigenvalue weighted by Crippen LogP contribution is 2.39. The molecule has 1 aliphatic heterocycles. The SMILES string of the molecule is Cc1ccc(S(=O)(=O)CC(I)B2OC(C)(C)C(C)(C)O2)cc1. The summed E-state index contributed by atoms with van der Waals surface area (Å²) in [5, 5.41) is 0. The third-order valence-electron chi connectivity index (χ3n) is 4.33. The predicted octanol–water partition coefficient (Wildman–Crippen LogP) is 3.20. The van der Waals surface area contributed by atoms with Gasteiger partial charge in [0.2, 0.25) is 0 Å². The summed E-state index contributed by atoms with van der Waals surface area (Å²) in [5.41, 5.74) is 0.139. The van der Waals surface area contributed by atoms with E-state index in [4.69, 9.17) is 9.31 Å². The van der Waals surface area contributed by atoms with Crippen molar-refractivity contribution in [3.8, 4) is 0 Å². The van der Waals surface area contributed by atoms with E-state index in [-0.39, 0.29) is 9.58 Å². The Hall–Kier alpha value is -0.115. The first-order valence-electron chi connectivity index (χ1n) is 7.24. The molecule has 0 amide bonds. The van der Waals surface area contributed by atoms with E-state index in [9.17, 15) is 8.42 Å². The first kappa shape index (κ1) is 18.2. The molecule has 1 aromatic carbocycles. The standard InChI is InChI=1S/C15H22BIO4S/c1-11-6-8-12(9-7-11)22(18,19)10-13(17)16-20-14(2,3)15(4,5)21-16/h6-9,13H,10H2,1-5H3. The number of benzene rings is 1. The van der Waals surface area contributed by atoms with Crippen LogP contribution in [-0.2, 0) is 19.1 Å². The number of alkyl halides is 1. The van der Waals surface area contributed by atoms with E-state index in [0.29, 0.717) is 4.90 Å². The van der Waals surface area contributed by atoms with Crippen molar-refractivity contribution in [3.63, 3.8) is 0 Å². The van der Waals surface area contributed by atoms with Crippen LogP contribution in [0.3, 0.4) is 0 Å². The molecule has 22 heavy (non-hydrogen) atoms. The van der Waals surface area contributed by atoms with Crippen molar-refractivity contribution < 1.29 is 17.7 Å². The monoisotopic (exact) mass is 436 g/mol. The molecule has 0 aliphatic carbocycles. The van der Waals surface area contributed by atoms with Gasteiger partial charge in [0.25, 0.3) is 0 Å². The Morgan fingerprint density at radius 3 is 2.00 bits per heavy atom. The fourth-order valence-electron chi connectivity index (χ4n) is 2.17. The smallest absolute Gasteiger partial charge is 0.403 e. The van der Waals surface area contributed by atoms with Crippen LogP contribution in [0.25, 0.3) is 0 Å². The van der Waals surface area contributed by atoms with E-state index in [2.05, 4.69) is 22.6 Å². The highest BCUT2D eigenvalue weighted by atomic mass is 127. The predicted molar refractivity (Wildman–Crippen MR) is 97.1 cm³/mol. The molecule has 1 heterocycles. The van der Waals surface area contributed by atoms with Gasteiger partial charge in [-0.3, -0.25) is 0 Å². The molecular weight excluding hydrogens is 414 g/mol. The highest BCUT2D eigenvalue weighted by molar-refractivity contribution is 14.1. The number of hydrogen-bond donors (Lipinski definition) is 0. The van der Waals surface area contributed by atoms with Crippen molar-refractivity contribution in [2.24, 2.45) is 0 Å². The summed E-state index contributed by atoms with van der Waals surface area (Å²) in [5.74, 6) is -0.00650. The van der Waals surface area contributed by atoms with Crippen LogP contribution in [0, 0.1) is 6.92 Å². The molecule has 0 saturated carbocycles. The lowest BCUT2D eigenvalue weighted by molar-refractivity contribution is 0.00578. The number of sulfone groups is 1. The third kappa shape index (κ3) is 3.68. The molecular formula is C15H22BIO4S. The van der Waals surface area contributed by atoms with E-state index in [1.807, 2.05) is 46.8 Å². The first-order chi connectivity index (χ1) is 9.95. The Balaban J connectivity index is 2.12. The quantitative estimate of drug-likeness (QED) is 0.414. The summed E-state index contributed by atoms with van der Waals surface area (Å²) >= 11 is 2.11. The van der Waals surface area contributed by atoms with Crippen molar-refractivity contribution in [2.45, 2.75) is 54.5 Å². The zero-order chi connectivity index (χ0) is 16.8. The number of halogens is 1. The zero-order valence-corrected chi connectivity index (χ0v) is 16.6. The van der Waals surface area contributed by atoms with E-state index >= 15 is 0 Å². The normalized spacial score (nSPS) is 21.8. The van der Waals surface area contributed by atoms with Crippen molar-refractivity contribution in [3.05, 3.63) is 29.8 Å². The second-order valence-electron chi connectivity index (χ2n) is 6.74. The number of hydrogen-bond acceptors (Lipinski definition) is 4. The Kier molecular flexibility index (Phi) is 5.03. The molecule has 122 valence electrons. The van der Waals surface area contributed by atoms with Crippen LogP contribution in [-0.4, -0.2) is 36.3 Å². The van der Waals surface area contributed by atoms with Gasteiger partial charge in [-0.15, -0.1) is 0 Å². The maximum absolute atomic E-state index is 12.5. The largest absolute Gasteiger partial charge is 0.472 e. The van der Waals surface area contributed by atoms with Gasteiger partial charge in [0.1, 0.15) is 0 Å². The fourth-order valence-corrected chi connectivity index (χ4v) is 5.20. The van der Waals surface area contributed by atoms with Crippen LogP contribution in [0.15, 0.2) is 29.2 Å². The van der Waals surface area contributed by atoms with E-state index in [1.165, 1.54) is 0 Å². The van der Waals surface area contributed by atoms with Gasteiger partial charge < -0.3 is 9.31 Å². The molecule has 1 fully saturated rings. The lowest BCUT2D eigenvalue weighted by Crippen LogP contribution is -2.41. The summed E-state index contributed by atoms with van der Waals surface area (Å²) in [6, 6.07) is 6.92. The Morgan fingerprint density at radius 2 is 1.55 bits per heavy atom. The van der Waals surface area contributed by atoms with E-state index in [1.54, 1.807) is 12.1 Å². The minimum Gasteiger partial charge on any atom is -0.403 e. The van der Waals surface area contributed by atoms with Crippen molar-refractivity contribution in [1.82, 2.24) is 0 Å². The van der Waals surface area contributed by atoms with Crippen molar-refractivity contribution in [2.75, 3.05) is 5.75 Å². The molecule has 2 rings (SSSR count). The van der Waals surface area contributed by atoms with Crippen LogP contribution in [0.5, 0.6) is 0 Å². The average Bonchev–Trinajstić information content (AvgIpc) is 2.58. The fraction of sp³-hybridized carbons (Fsp3) is 0.600. The number of rotatable bonds is 4. The first-order valence-corrected chi connectivity index (χ1v) is 10.1. The topological polar surface area (TPSA) is 52.6 Å². The summed E-state index contributed by atoms with van der Waals surface area (Å²) in [4.78, 5) is 0.344. The number of aryl methyl sites for hydroxylation is 1. The van der Waals surface area contributed by atoms with Gasteiger partial charge in [-0.05, 0) is 46.8 Å². The molecule has 0 spiro atoms. The Morgan fingerprint density at radius 1 is 1.09 bits per heavy atom. The second kappa shape index (κ2) is 6.07. The maximum atomic E-state index is 12.5. The minimum absolute atomic E-state index is 0.00650. The van der Waals surface area contributed by atoms with Gasteiger partial charge in [-0.2, -0.15) is 0 Å². The average molecular weight is 436 g/mol. The molecule has 1 saturated heterocycles. The van der Waals surface area contributed by atoms with Gasteiger partial charge >= 0.3 is 7.12 Å². The molecule has 1 aromatic rings. The summed E-state index contributed by atoms with van der Waals surface area (Å²) < 4.78 is 36.6. The summed E-state index contributed by atoms with van der Waals surface area (Å²) in [6.07, 6.45) is 0. The van der Waals surface area contributed by atoms with Gasteiger partial charge in [0.05, 0.1) is 25.7 Å². The molecule has 4 nitrogen and oxygen atoms in total. The summed E-state index contributed by atoms with van der Waals surface area (Å²) in [6.45, 7) is 9.78.